The van der Waals surface area contributed by atoms with E-state index in [0.29, 0.717) is 0 Å². The summed E-state index contributed by atoms with van der Waals surface area (Å²) in [5.74, 6) is 2.58. The normalized spacial score (nSPS) is 10.2. The topological polar surface area (TPSA) is 22.1 Å². The zero-order valence-electron chi connectivity index (χ0n) is 11.1. The van der Waals surface area contributed by atoms with Gasteiger partial charge in [0.25, 0.3) is 0 Å². The van der Waals surface area contributed by atoms with Crippen LogP contribution in [0.15, 0.2) is 79.4 Å². The largest absolute Gasteiger partial charge is 0.550 e. The predicted octanol–water partition coefficient (Wildman–Crippen LogP) is 3.24. The van der Waals surface area contributed by atoms with Gasteiger partial charge < -0.3 is 4.65 Å². The van der Waals surface area contributed by atoms with Crippen LogP contribution in [0.4, 0.5) is 0 Å². The fourth-order valence-corrected chi connectivity index (χ4v) is 2.20. The van der Waals surface area contributed by atoms with Gasteiger partial charge in [0.15, 0.2) is 0 Å². The second-order valence-corrected chi connectivity index (χ2v) is 4.52. The molecule has 3 heteroatoms. The minimum atomic E-state index is -0.177. The van der Waals surface area contributed by atoms with Gasteiger partial charge in [-0.1, -0.05) is 54.5 Å². The van der Waals surface area contributed by atoms with Crippen LogP contribution in [-0.4, -0.2) is 11.9 Å². The molecule has 20 heavy (non-hydrogen) atoms. The van der Waals surface area contributed by atoms with Crippen LogP contribution >= 0.6 is 0 Å². The number of para-hydroxylation sites is 1. The summed E-state index contributed by atoms with van der Waals surface area (Å²) in [5, 5.41) is 1.07. The summed E-state index contributed by atoms with van der Waals surface area (Å²) in [4.78, 5) is 4.40. The van der Waals surface area contributed by atoms with Crippen LogP contribution in [0.2, 0.25) is 0 Å². The molecule has 1 heterocycles. The van der Waals surface area contributed by atoms with Crippen molar-refractivity contribution in [2.45, 2.75) is 0 Å². The third kappa shape index (κ3) is 2.43. The highest BCUT2D eigenvalue weighted by Gasteiger charge is 2.17. The van der Waals surface area contributed by atoms with Crippen LogP contribution in [0.25, 0.3) is 10.9 Å². The van der Waals surface area contributed by atoms with Crippen molar-refractivity contribution in [1.82, 2.24) is 4.98 Å². The average molecular weight is 259 g/mol. The number of hydrogen-bond donors (Lipinski definition) is 0. The third-order valence-corrected chi connectivity index (χ3v) is 3.19. The first-order valence-corrected chi connectivity index (χ1v) is 6.56. The summed E-state index contributed by atoms with van der Waals surface area (Å²) in [6.45, 7) is 3.69. The zero-order valence-corrected chi connectivity index (χ0v) is 11.1. The number of benzene rings is 2. The summed E-state index contributed by atoms with van der Waals surface area (Å²) in [7, 11) is 0. The number of hydrogen-bond acceptors (Lipinski definition) is 2. The molecule has 0 radical (unpaired) electrons. The summed E-state index contributed by atoms with van der Waals surface area (Å²) >= 11 is 0. The second-order valence-electron chi connectivity index (χ2n) is 4.52. The minimum absolute atomic E-state index is 0.177. The van der Waals surface area contributed by atoms with Gasteiger partial charge in [-0.15, -0.1) is 6.58 Å². The Bertz CT molecular complexity index is 722. The first-order chi connectivity index (χ1) is 9.88. The Morgan fingerprint density at radius 2 is 1.75 bits per heavy atom. The molecule has 0 amide bonds. The Morgan fingerprint density at radius 1 is 0.950 bits per heavy atom. The van der Waals surface area contributed by atoms with E-state index >= 15 is 0 Å². The second kappa shape index (κ2) is 5.62. The Balaban J connectivity index is 1.98. The molecular weight excluding hydrogens is 245 g/mol. The summed E-state index contributed by atoms with van der Waals surface area (Å²) in [6.07, 6.45) is 1.78. The molecular formula is C17H14BNO. The SMILES string of the molecule is C=CB(Oc1cccc2cccnc12)c1ccccc1. The molecule has 0 saturated heterocycles. The standard InChI is InChI=1S/C17H14BNO/c1-2-18(15-10-4-3-5-11-15)20-16-12-6-8-14-9-7-13-19-17(14)16/h2-13H,1H2. The minimum Gasteiger partial charge on any atom is -0.550 e. The predicted molar refractivity (Wildman–Crippen MR) is 84.4 cm³/mol. The molecule has 2 nitrogen and oxygen atoms in total. The molecule has 0 spiro atoms. The van der Waals surface area contributed by atoms with Crippen LogP contribution in [0, 0.1) is 0 Å². The van der Waals surface area contributed by atoms with Crippen molar-refractivity contribution in [3.8, 4) is 5.75 Å². The van der Waals surface area contributed by atoms with Gasteiger partial charge in [-0.25, -0.2) is 0 Å². The third-order valence-electron chi connectivity index (χ3n) is 3.19. The van der Waals surface area contributed by atoms with Crippen molar-refractivity contribution >= 4 is 23.3 Å². The maximum Gasteiger partial charge on any atom is 0.418 e. The monoisotopic (exact) mass is 259 g/mol. The van der Waals surface area contributed by atoms with Crippen molar-refractivity contribution in [3.05, 3.63) is 79.4 Å². The maximum absolute atomic E-state index is 6.08. The van der Waals surface area contributed by atoms with Gasteiger partial charge in [0.2, 0.25) is 0 Å². The fraction of sp³-hybridized carbons (Fsp3) is 0. The summed E-state index contributed by atoms with van der Waals surface area (Å²) < 4.78 is 6.08. The van der Waals surface area contributed by atoms with Gasteiger partial charge in [0.1, 0.15) is 11.3 Å². The van der Waals surface area contributed by atoms with Gasteiger partial charge in [-0.2, -0.15) is 0 Å². The van der Waals surface area contributed by atoms with Crippen molar-refractivity contribution < 1.29 is 4.65 Å². The van der Waals surface area contributed by atoms with E-state index in [1.807, 2.05) is 60.7 Å². The quantitative estimate of drug-likeness (QED) is 0.671. The lowest BCUT2D eigenvalue weighted by Crippen LogP contribution is -2.34. The van der Waals surface area contributed by atoms with Crippen molar-refractivity contribution in [2.24, 2.45) is 0 Å². The van der Waals surface area contributed by atoms with Crippen LogP contribution in [0.1, 0.15) is 0 Å². The molecule has 96 valence electrons. The molecule has 0 aliphatic carbocycles. The molecule has 0 atom stereocenters. The Labute approximate surface area is 118 Å². The van der Waals surface area contributed by atoms with Crippen molar-refractivity contribution in [1.29, 1.82) is 0 Å². The lowest BCUT2D eigenvalue weighted by Gasteiger charge is -2.14. The molecule has 3 aromatic rings. The van der Waals surface area contributed by atoms with E-state index in [1.54, 1.807) is 12.2 Å². The Kier molecular flexibility index (Phi) is 3.51. The number of rotatable bonds is 4. The lowest BCUT2D eigenvalue weighted by molar-refractivity contribution is 0.596. The first-order valence-electron chi connectivity index (χ1n) is 6.56. The van der Waals surface area contributed by atoms with E-state index in [4.69, 9.17) is 4.65 Å². The van der Waals surface area contributed by atoms with Crippen molar-refractivity contribution in [3.63, 3.8) is 0 Å². The van der Waals surface area contributed by atoms with E-state index in [-0.39, 0.29) is 6.92 Å². The molecule has 0 bridgehead atoms. The highest BCUT2D eigenvalue weighted by atomic mass is 16.4. The van der Waals surface area contributed by atoms with Crippen LogP contribution < -0.4 is 10.1 Å². The molecule has 0 aliphatic heterocycles. The number of fused-ring (bicyclic) bond motifs is 1. The molecule has 0 fully saturated rings. The highest BCUT2D eigenvalue weighted by Crippen LogP contribution is 2.23. The zero-order chi connectivity index (χ0) is 13.8. The average Bonchev–Trinajstić information content (AvgIpc) is 2.53. The highest BCUT2D eigenvalue weighted by molar-refractivity contribution is 6.72. The van der Waals surface area contributed by atoms with E-state index in [9.17, 15) is 0 Å². The lowest BCUT2D eigenvalue weighted by atomic mass is 9.61. The molecule has 1 aromatic heterocycles. The fourth-order valence-electron chi connectivity index (χ4n) is 2.20. The smallest absolute Gasteiger partial charge is 0.418 e. The van der Waals surface area contributed by atoms with Gasteiger partial charge in [0.05, 0.1) is 0 Å². The Hall–Kier alpha value is -2.55. The van der Waals surface area contributed by atoms with E-state index in [2.05, 4.69) is 11.6 Å². The molecule has 0 N–H and O–H groups in total. The molecule has 0 aliphatic rings. The molecule has 0 saturated carbocycles. The number of aromatic nitrogens is 1. The van der Waals surface area contributed by atoms with Gasteiger partial charge in [-0.3, -0.25) is 4.98 Å². The molecule has 2 aromatic carbocycles. The van der Waals surface area contributed by atoms with Crippen LogP contribution in [0.3, 0.4) is 0 Å². The van der Waals surface area contributed by atoms with Crippen LogP contribution in [-0.2, 0) is 0 Å². The molecule has 0 unspecified atom stereocenters. The van der Waals surface area contributed by atoms with E-state index in [1.165, 1.54) is 0 Å². The summed E-state index contributed by atoms with van der Waals surface area (Å²) in [5.41, 5.74) is 1.95. The molecule has 3 rings (SSSR count). The summed E-state index contributed by atoms with van der Waals surface area (Å²) in [6, 6.07) is 19.9. The maximum atomic E-state index is 6.08. The van der Waals surface area contributed by atoms with Crippen molar-refractivity contribution in [2.75, 3.05) is 0 Å². The van der Waals surface area contributed by atoms with Gasteiger partial charge in [0, 0.05) is 11.6 Å². The number of nitrogens with zero attached hydrogens (tertiary/aromatic N) is 1. The van der Waals surface area contributed by atoms with E-state index < -0.39 is 0 Å². The Morgan fingerprint density at radius 3 is 2.55 bits per heavy atom. The van der Waals surface area contributed by atoms with Gasteiger partial charge in [-0.05, 0) is 17.6 Å². The van der Waals surface area contributed by atoms with Gasteiger partial charge >= 0.3 is 6.92 Å². The van der Waals surface area contributed by atoms with Crippen LogP contribution in [0.5, 0.6) is 5.75 Å². The first kappa shape index (κ1) is 12.5. The van der Waals surface area contributed by atoms with E-state index in [0.717, 1.165) is 22.1 Å². The number of pyridine rings is 1.